The molecule has 0 spiro atoms. The summed E-state index contributed by atoms with van der Waals surface area (Å²) < 4.78 is 24.4. The third kappa shape index (κ3) is 5.77. The Hall–Kier alpha value is -3.09. The number of nitrogens with one attached hydrogen (secondary N) is 1. The fourth-order valence-electron chi connectivity index (χ4n) is 2.19. The number of carboxylic acid groups (broad SMARTS) is 1. The van der Waals surface area contributed by atoms with Gasteiger partial charge in [-0.3, -0.25) is 4.79 Å². The molecule has 0 fully saturated rings. The zero-order valence-electron chi connectivity index (χ0n) is 14.3. The van der Waals surface area contributed by atoms with Crippen molar-refractivity contribution < 1.29 is 28.6 Å². The summed E-state index contributed by atoms with van der Waals surface area (Å²) in [6.07, 6.45) is 0.650. The van der Waals surface area contributed by atoms with Crippen molar-refractivity contribution in [3.05, 3.63) is 53.8 Å². The lowest BCUT2D eigenvalue weighted by Gasteiger charge is -2.14. The largest absolute Gasteiger partial charge is 0.494 e. The second kappa shape index (κ2) is 9.41. The van der Waals surface area contributed by atoms with E-state index in [2.05, 4.69) is 5.32 Å². The predicted molar refractivity (Wildman–Crippen MR) is 94.1 cm³/mol. The number of hydrogen-bond donors (Lipinski definition) is 2. The van der Waals surface area contributed by atoms with Crippen LogP contribution in [0.5, 0.6) is 11.5 Å². The van der Waals surface area contributed by atoms with Crippen molar-refractivity contribution in [1.29, 1.82) is 0 Å². The van der Waals surface area contributed by atoms with Crippen LogP contribution in [0.15, 0.2) is 42.5 Å². The average Bonchev–Trinajstić information content (AvgIpc) is 2.61. The molecule has 2 aromatic carbocycles. The van der Waals surface area contributed by atoms with Crippen molar-refractivity contribution in [3.8, 4) is 11.5 Å². The van der Waals surface area contributed by atoms with Crippen LogP contribution in [0.3, 0.4) is 0 Å². The molecule has 6 nitrogen and oxygen atoms in total. The van der Waals surface area contributed by atoms with Gasteiger partial charge in [0.1, 0.15) is 17.3 Å². The summed E-state index contributed by atoms with van der Waals surface area (Å²) in [4.78, 5) is 23.0. The first-order valence-electron chi connectivity index (χ1n) is 8.14. The van der Waals surface area contributed by atoms with E-state index in [0.717, 1.165) is 6.42 Å². The topological polar surface area (TPSA) is 84.9 Å². The lowest BCUT2D eigenvalue weighted by molar-refractivity contribution is -0.139. The number of halogens is 1. The normalized spacial score (nSPS) is 10.2. The van der Waals surface area contributed by atoms with Gasteiger partial charge in [-0.25, -0.2) is 9.18 Å². The Bertz CT molecular complexity index is 778. The Morgan fingerprint density at radius 3 is 2.62 bits per heavy atom. The highest BCUT2D eigenvalue weighted by molar-refractivity contribution is 5.94. The first-order chi connectivity index (χ1) is 12.5. The number of carbonyl (C=O) groups excluding carboxylic acids is 1. The van der Waals surface area contributed by atoms with Crippen LogP contribution in [0.1, 0.15) is 18.9 Å². The second-order valence-electron chi connectivity index (χ2n) is 5.51. The number of hydrogen-bond acceptors (Lipinski definition) is 4. The van der Waals surface area contributed by atoms with Gasteiger partial charge in [-0.05, 0) is 30.2 Å². The van der Waals surface area contributed by atoms with Crippen molar-refractivity contribution in [2.45, 2.75) is 19.8 Å². The van der Waals surface area contributed by atoms with Crippen LogP contribution in [-0.2, 0) is 16.0 Å². The fraction of sp³-hybridized carbons (Fsp3) is 0.263. The highest BCUT2D eigenvalue weighted by Crippen LogP contribution is 2.29. The number of amides is 1. The van der Waals surface area contributed by atoms with Crippen molar-refractivity contribution in [1.82, 2.24) is 0 Å². The van der Waals surface area contributed by atoms with E-state index in [9.17, 15) is 14.0 Å². The first kappa shape index (κ1) is 19.2. The molecule has 0 atom stereocenters. The summed E-state index contributed by atoms with van der Waals surface area (Å²) in [5, 5.41) is 11.4. The number of rotatable bonds is 9. The van der Waals surface area contributed by atoms with Crippen LogP contribution >= 0.6 is 0 Å². The van der Waals surface area contributed by atoms with E-state index in [1.807, 2.05) is 6.92 Å². The summed E-state index contributed by atoms with van der Waals surface area (Å²) in [7, 11) is 0. The number of aliphatic carboxylic acids is 1. The van der Waals surface area contributed by atoms with Gasteiger partial charge in [-0.1, -0.05) is 25.1 Å². The van der Waals surface area contributed by atoms with Crippen LogP contribution in [0.25, 0.3) is 0 Å². The molecule has 0 aliphatic carbocycles. The summed E-state index contributed by atoms with van der Waals surface area (Å²) >= 11 is 0. The Labute approximate surface area is 150 Å². The number of carboxylic acids is 1. The molecular weight excluding hydrogens is 341 g/mol. The van der Waals surface area contributed by atoms with E-state index in [0.29, 0.717) is 12.4 Å². The second-order valence-corrected chi connectivity index (χ2v) is 5.51. The highest BCUT2D eigenvalue weighted by Gasteiger charge is 2.13. The maximum atomic E-state index is 13.7. The van der Waals surface area contributed by atoms with Gasteiger partial charge in [0.2, 0.25) is 5.91 Å². The summed E-state index contributed by atoms with van der Waals surface area (Å²) in [5.41, 5.74) is 0.526. The Morgan fingerprint density at radius 2 is 1.92 bits per heavy atom. The Morgan fingerprint density at radius 1 is 1.15 bits per heavy atom. The van der Waals surface area contributed by atoms with Crippen molar-refractivity contribution in [2.24, 2.45) is 0 Å². The van der Waals surface area contributed by atoms with Crippen LogP contribution < -0.4 is 14.8 Å². The molecule has 0 heterocycles. The standard InChI is InChI=1S/C19H20FNO5/c1-2-9-25-14-7-8-17(26-12-19(23)24)16(11-14)21-18(22)10-13-5-3-4-6-15(13)20/h3-8,11H,2,9-10,12H2,1H3,(H,21,22)(H,23,24). The van der Waals surface area contributed by atoms with Gasteiger partial charge < -0.3 is 19.9 Å². The van der Waals surface area contributed by atoms with E-state index in [4.69, 9.17) is 14.6 Å². The molecule has 0 unspecified atom stereocenters. The zero-order valence-corrected chi connectivity index (χ0v) is 14.3. The molecule has 26 heavy (non-hydrogen) atoms. The third-order valence-corrected chi connectivity index (χ3v) is 3.36. The van der Waals surface area contributed by atoms with Crippen molar-refractivity contribution in [2.75, 3.05) is 18.5 Å². The van der Waals surface area contributed by atoms with E-state index < -0.39 is 24.3 Å². The molecule has 2 rings (SSSR count). The number of carbonyl (C=O) groups is 2. The molecule has 0 radical (unpaired) electrons. The van der Waals surface area contributed by atoms with Crippen LogP contribution in [0.2, 0.25) is 0 Å². The van der Waals surface area contributed by atoms with Crippen LogP contribution in [-0.4, -0.2) is 30.2 Å². The number of benzene rings is 2. The lowest BCUT2D eigenvalue weighted by atomic mass is 10.1. The minimum absolute atomic E-state index is 0.162. The quantitative estimate of drug-likeness (QED) is 0.716. The van der Waals surface area contributed by atoms with Crippen LogP contribution in [0.4, 0.5) is 10.1 Å². The maximum absolute atomic E-state index is 13.7. The van der Waals surface area contributed by atoms with E-state index >= 15 is 0 Å². The SMILES string of the molecule is CCCOc1ccc(OCC(=O)O)c(NC(=O)Cc2ccccc2F)c1. The molecule has 7 heteroatoms. The summed E-state index contributed by atoms with van der Waals surface area (Å²) in [6.45, 7) is 1.91. The molecule has 0 aliphatic rings. The monoisotopic (exact) mass is 361 g/mol. The minimum atomic E-state index is -1.14. The van der Waals surface area contributed by atoms with E-state index in [1.165, 1.54) is 18.2 Å². The van der Waals surface area contributed by atoms with E-state index in [1.54, 1.807) is 24.3 Å². The highest BCUT2D eigenvalue weighted by atomic mass is 19.1. The maximum Gasteiger partial charge on any atom is 0.341 e. The van der Waals surface area contributed by atoms with Gasteiger partial charge in [-0.2, -0.15) is 0 Å². The molecule has 0 saturated heterocycles. The molecule has 0 aliphatic heterocycles. The molecule has 0 saturated carbocycles. The van der Waals surface area contributed by atoms with Gasteiger partial charge in [0.05, 0.1) is 18.7 Å². The van der Waals surface area contributed by atoms with Gasteiger partial charge >= 0.3 is 5.97 Å². The first-order valence-corrected chi connectivity index (χ1v) is 8.14. The molecule has 138 valence electrons. The number of anilines is 1. The Balaban J connectivity index is 2.16. The number of ether oxygens (including phenoxy) is 2. The molecule has 2 aromatic rings. The lowest BCUT2D eigenvalue weighted by Crippen LogP contribution is -2.17. The van der Waals surface area contributed by atoms with Gasteiger partial charge in [0.25, 0.3) is 0 Å². The third-order valence-electron chi connectivity index (χ3n) is 3.36. The van der Waals surface area contributed by atoms with Crippen molar-refractivity contribution in [3.63, 3.8) is 0 Å². The zero-order chi connectivity index (χ0) is 18.9. The fourth-order valence-corrected chi connectivity index (χ4v) is 2.19. The molecule has 2 N–H and O–H groups in total. The molecule has 1 amide bonds. The van der Waals surface area contributed by atoms with E-state index in [-0.39, 0.29) is 23.4 Å². The van der Waals surface area contributed by atoms with Crippen molar-refractivity contribution >= 4 is 17.6 Å². The predicted octanol–water partition coefficient (Wildman–Crippen LogP) is 3.26. The molecular formula is C19H20FNO5. The Kier molecular flexibility index (Phi) is 6.96. The van der Waals surface area contributed by atoms with Gasteiger partial charge in [0.15, 0.2) is 6.61 Å². The summed E-state index contributed by atoms with van der Waals surface area (Å²) in [5.74, 6) is -1.36. The van der Waals surface area contributed by atoms with Crippen LogP contribution in [0, 0.1) is 5.82 Å². The molecule has 0 bridgehead atoms. The van der Waals surface area contributed by atoms with Gasteiger partial charge in [-0.15, -0.1) is 0 Å². The average molecular weight is 361 g/mol. The summed E-state index contributed by atoms with van der Waals surface area (Å²) in [6, 6.07) is 10.7. The molecule has 0 aromatic heterocycles. The van der Waals surface area contributed by atoms with Gasteiger partial charge in [0, 0.05) is 6.07 Å². The minimum Gasteiger partial charge on any atom is -0.494 e. The smallest absolute Gasteiger partial charge is 0.341 e.